The number of primary amides is 1. The predicted octanol–water partition coefficient (Wildman–Crippen LogP) is 0.000400. The SMILES string of the molecule is NC(=O)c1ccn(-c2ncccc2C(N)=S)n1. The molecule has 2 aromatic heterocycles. The van der Waals surface area contributed by atoms with Crippen molar-refractivity contribution in [2.24, 2.45) is 11.5 Å². The van der Waals surface area contributed by atoms with Crippen molar-refractivity contribution in [1.29, 1.82) is 0 Å². The number of rotatable bonds is 3. The summed E-state index contributed by atoms with van der Waals surface area (Å²) in [4.78, 5) is 15.3. The zero-order valence-electron chi connectivity index (χ0n) is 8.70. The Morgan fingerprint density at radius 2 is 2.12 bits per heavy atom. The van der Waals surface area contributed by atoms with Crippen molar-refractivity contribution in [2.45, 2.75) is 0 Å². The highest BCUT2D eigenvalue weighted by Gasteiger charge is 2.11. The molecule has 86 valence electrons. The zero-order chi connectivity index (χ0) is 12.4. The Morgan fingerprint density at radius 1 is 1.35 bits per heavy atom. The monoisotopic (exact) mass is 247 g/mol. The van der Waals surface area contributed by atoms with E-state index in [9.17, 15) is 4.79 Å². The third kappa shape index (κ3) is 2.13. The van der Waals surface area contributed by atoms with Gasteiger partial charge in [-0.25, -0.2) is 9.67 Å². The number of amides is 1. The topological polar surface area (TPSA) is 99.8 Å². The number of aromatic nitrogens is 3. The molecule has 17 heavy (non-hydrogen) atoms. The number of nitrogens with two attached hydrogens (primary N) is 2. The first-order valence-corrected chi connectivity index (χ1v) is 5.11. The van der Waals surface area contributed by atoms with Crippen LogP contribution in [0.3, 0.4) is 0 Å². The molecule has 2 rings (SSSR count). The Kier molecular flexibility index (Phi) is 2.84. The van der Waals surface area contributed by atoms with Gasteiger partial charge < -0.3 is 11.5 Å². The average Bonchev–Trinajstić information content (AvgIpc) is 2.78. The van der Waals surface area contributed by atoms with Crippen LogP contribution in [0.4, 0.5) is 0 Å². The van der Waals surface area contributed by atoms with Crippen molar-refractivity contribution in [3.63, 3.8) is 0 Å². The van der Waals surface area contributed by atoms with Crippen LogP contribution in [-0.4, -0.2) is 25.7 Å². The van der Waals surface area contributed by atoms with E-state index in [0.717, 1.165) is 0 Å². The van der Waals surface area contributed by atoms with E-state index in [-0.39, 0.29) is 10.7 Å². The summed E-state index contributed by atoms with van der Waals surface area (Å²) in [5.74, 6) is -0.135. The van der Waals surface area contributed by atoms with E-state index >= 15 is 0 Å². The number of hydrogen-bond acceptors (Lipinski definition) is 4. The minimum Gasteiger partial charge on any atom is -0.389 e. The molecule has 0 atom stereocenters. The van der Waals surface area contributed by atoms with Crippen molar-refractivity contribution in [2.75, 3.05) is 0 Å². The van der Waals surface area contributed by atoms with E-state index < -0.39 is 5.91 Å². The molecule has 0 aliphatic carbocycles. The first-order chi connectivity index (χ1) is 8.09. The first-order valence-electron chi connectivity index (χ1n) is 4.70. The summed E-state index contributed by atoms with van der Waals surface area (Å²) >= 11 is 4.91. The van der Waals surface area contributed by atoms with E-state index in [1.165, 1.54) is 10.7 Å². The van der Waals surface area contributed by atoms with Gasteiger partial charge in [0, 0.05) is 12.4 Å². The van der Waals surface area contributed by atoms with Crippen LogP contribution >= 0.6 is 12.2 Å². The van der Waals surface area contributed by atoms with Gasteiger partial charge in [-0.3, -0.25) is 4.79 Å². The maximum absolute atomic E-state index is 10.9. The van der Waals surface area contributed by atoms with Crippen LogP contribution in [0, 0.1) is 0 Å². The molecule has 4 N–H and O–H groups in total. The second-order valence-electron chi connectivity index (χ2n) is 3.25. The van der Waals surface area contributed by atoms with Crippen LogP contribution in [0.15, 0.2) is 30.6 Å². The maximum atomic E-state index is 10.9. The molecule has 6 nitrogen and oxygen atoms in total. The van der Waals surface area contributed by atoms with E-state index in [0.29, 0.717) is 11.4 Å². The van der Waals surface area contributed by atoms with Gasteiger partial charge in [-0.1, -0.05) is 12.2 Å². The second kappa shape index (κ2) is 4.30. The minimum absolute atomic E-state index is 0.157. The summed E-state index contributed by atoms with van der Waals surface area (Å²) in [6, 6.07) is 4.95. The van der Waals surface area contributed by atoms with Crippen LogP contribution in [0.2, 0.25) is 0 Å². The summed E-state index contributed by atoms with van der Waals surface area (Å²) in [7, 11) is 0. The Labute approximate surface area is 102 Å². The van der Waals surface area contributed by atoms with Gasteiger partial charge in [-0.2, -0.15) is 5.10 Å². The molecule has 0 aliphatic heterocycles. The van der Waals surface area contributed by atoms with Crippen molar-refractivity contribution in [3.05, 3.63) is 41.9 Å². The van der Waals surface area contributed by atoms with Crippen molar-refractivity contribution in [1.82, 2.24) is 14.8 Å². The molecule has 1 amide bonds. The Morgan fingerprint density at radius 3 is 2.71 bits per heavy atom. The van der Waals surface area contributed by atoms with Crippen LogP contribution in [-0.2, 0) is 0 Å². The second-order valence-corrected chi connectivity index (χ2v) is 3.69. The number of carbonyl (C=O) groups is 1. The van der Waals surface area contributed by atoms with Crippen molar-refractivity contribution < 1.29 is 4.79 Å². The molecule has 0 spiro atoms. The Balaban J connectivity index is 2.52. The lowest BCUT2D eigenvalue weighted by Gasteiger charge is -2.05. The van der Waals surface area contributed by atoms with E-state index in [1.54, 1.807) is 24.5 Å². The third-order valence-corrected chi connectivity index (χ3v) is 2.33. The normalized spacial score (nSPS) is 10.1. The number of nitrogens with zero attached hydrogens (tertiary/aromatic N) is 3. The van der Waals surface area contributed by atoms with Gasteiger partial charge in [-0.15, -0.1) is 0 Å². The molecule has 0 aliphatic rings. The van der Waals surface area contributed by atoms with Gasteiger partial charge in [0.15, 0.2) is 5.82 Å². The molecule has 0 saturated carbocycles. The Hall–Kier alpha value is -2.28. The minimum atomic E-state index is -0.600. The predicted molar refractivity (Wildman–Crippen MR) is 65.8 cm³/mol. The van der Waals surface area contributed by atoms with Crippen molar-refractivity contribution in [3.8, 4) is 5.82 Å². The molecule has 0 fully saturated rings. The summed E-state index contributed by atoms with van der Waals surface area (Å²) in [5, 5.41) is 3.99. The molecule has 0 bridgehead atoms. The highest BCUT2D eigenvalue weighted by molar-refractivity contribution is 7.80. The van der Waals surface area contributed by atoms with Gasteiger partial charge >= 0.3 is 0 Å². The van der Waals surface area contributed by atoms with Gasteiger partial charge in [0.2, 0.25) is 0 Å². The molecule has 2 heterocycles. The van der Waals surface area contributed by atoms with Gasteiger partial charge in [-0.05, 0) is 18.2 Å². The third-order valence-electron chi connectivity index (χ3n) is 2.11. The van der Waals surface area contributed by atoms with Crippen molar-refractivity contribution >= 4 is 23.1 Å². The van der Waals surface area contributed by atoms with E-state index in [1.807, 2.05) is 0 Å². The van der Waals surface area contributed by atoms with Crippen LogP contribution in [0.5, 0.6) is 0 Å². The molecular formula is C10H9N5OS. The molecule has 0 unspecified atom stereocenters. The summed E-state index contributed by atoms with van der Waals surface area (Å²) < 4.78 is 1.41. The summed E-state index contributed by atoms with van der Waals surface area (Å²) in [6.45, 7) is 0. The van der Waals surface area contributed by atoms with E-state index in [2.05, 4.69) is 10.1 Å². The lowest BCUT2D eigenvalue weighted by Crippen LogP contribution is -2.16. The lowest BCUT2D eigenvalue weighted by molar-refractivity contribution is 0.0995. The Bertz CT molecular complexity index is 592. The highest BCUT2D eigenvalue weighted by Crippen LogP contribution is 2.10. The summed E-state index contributed by atoms with van der Waals surface area (Å²) in [6.07, 6.45) is 3.16. The fraction of sp³-hybridized carbons (Fsp3) is 0. The fourth-order valence-corrected chi connectivity index (χ4v) is 1.50. The zero-order valence-corrected chi connectivity index (χ0v) is 9.52. The molecule has 7 heteroatoms. The standard InChI is InChI=1S/C10H9N5OS/c11-8(16)7-3-5-15(14-7)10-6(9(12)17)2-1-4-13-10/h1-5H,(H2,11,16)(H2,12,17). The van der Waals surface area contributed by atoms with Crippen LogP contribution < -0.4 is 11.5 Å². The van der Waals surface area contributed by atoms with Gasteiger partial charge in [0.1, 0.15) is 10.7 Å². The van der Waals surface area contributed by atoms with E-state index in [4.69, 9.17) is 23.7 Å². The van der Waals surface area contributed by atoms with Gasteiger partial charge in [0.25, 0.3) is 5.91 Å². The maximum Gasteiger partial charge on any atom is 0.269 e. The highest BCUT2D eigenvalue weighted by atomic mass is 32.1. The molecule has 0 radical (unpaired) electrons. The first kappa shape index (κ1) is 11.2. The van der Waals surface area contributed by atoms with Crippen LogP contribution in [0.25, 0.3) is 5.82 Å². The smallest absolute Gasteiger partial charge is 0.269 e. The molecule has 0 aromatic carbocycles. The number of hydrogen-bond donors (Lipinski definition) is 2. The van der Waals surface area contributed by atoms with Gasteiger partial charge in [0.05, 0.1) is 5.56 Å². The molecule has 0 saturated heterocycles. The number of pyridine rings is 1. The number of carbonyl (C=O) groups excluding carboxylic acids is 1. The summed E-state index contributed by atoms with van der Waals surface area (Å²) in [5.41, 5.74) is 11.4. The molecule has 2 aromatic rings. The molecular weight excluding hydrogens is 238 g/mol. The number of thiocarbonyl (C=S) groups is 1. The fourth-order valence-electron chi connectivity index (χ4n) is 1.35. The average molecular weight is 247 g/mol. The quantitative estimate of drug-likeness (QED) is 0.744. The lowest BCUT2D eigenvalue weighted by atomic mass is 10.2. The largest absolute Gasteiger partial charge is 0.389 e. The van der Waals surface area contributed by atoms with Crippen LogP contribution in [0.1, 0.15) is 16.1 Å².